The van der Waals surface area contributed by atoms with Crippen LogP contribution in [0.2, 0.25) is 10.0 Å². The number of nitrogens with one attached hydrogen (secondary N) is 1. The summed E-state index contributed by atoms with van der Waals surface area (Å²) in [6.07, 6.45) is 0. The van der Waals surface area contributed by atoms with E-state index in [0.29, 0.717) is 52.5 Å². The molecular formula is C19H16Cl2N4O4S2. The maximum Gasteiger partial charge on any atom is 0.257 e. The van der Waals surface area contributed by atoms with Gasteiger partial charge in [-0.1, -0.05) is 34.5 Å². The maximum absolute atomic E-state index is 12.7. The second-order valence-corrected chi connectivity index (χ2v) is 10.3. The number of hydrogen-bond donors (Lipinski definition) is 1. The van der Waals surface area contributed by atoms with Gasteiger partial charge in [-0.3, -0.25) is 10.1 Å². The summed E-state index contributed by atoms with van der Waals surface area (Å²) in [4.78, 5) is 12.7. The largest absolute Gasteiger partial charge is 0.379 e. The number of carbonyl (C=O) groups is 1. The van der Waals surface area contributed by atoms with Crippen LogP contribution in [-0.4, -0.2) is 55.1 Å². The van der Waals surface area contributed by atoms with Gasteiger partial charge in [0.2, 0.25) is 15.2 Å². The van der Waals surface area contributed by atoms with Crippen molar-refractivity contribution in [1.29, 1.82) is 0 Å². The normalized spacial score (nSPS) is 15.0. The fourth-order valence-corrected chi connectivity index (χ4v) is 5.67. The first-order chi connectivity index (χ1) is 14.8. The van der Waals surface area contributed by atoms with Crippen LogP contribution in [0.4, 0.5) is 5.13 Å². The topological polar surface area (TPSA) is 101 Å². The lowest BCUT2D eigenvalue weighted by Crippen LogP contribution is -2.40. The number of anilines is 1. The van der Waals surface area contributed by atoms with E-state index in [-0.39, 0.29) is 10.0 Å². The van der Waals surface area contributed by atoms with Crippen LogP contribution >= 0.6 is 34.5 Å². The highest BCUT2D eigenvalue weighted by atomic mass is 35.5. The minimum atomic E-state index is -3.62. The Hall–Kier alpha value is -2.08. The van der Waals surface area contributed by atoms with Crippen LogP contribution in [0.25, 0.3) is 10.6 Å². The molecule has 0 saturated carbocycles. The van der Waals surface area contributed by atoms with Gasteiger partial charge in [-0.2, -0.15) is 4.31 Å². The number of benzene rings is 2. The molecule has 4 rings (SSSR count). The Morgan fingerprint density at radius 3 is 2.45 bits per heavy atom. The number of aromatic nitrogens is 2. The van der Waals surface area contributed by atoms with Crippen molar-refractivity contribution in [3.05, 3.63) is 58.1 Å². The molecule has 0 unspecified atom stereocenters. The number of nitrogens with zero attached hydrogens (tertiary/aromatic N) is 3. The van der Waals surface area contributed by atoms with Gasteiger partial charge in [0.1, 0.15) is 0 Å². The summed E-state index contributed by atoms with van der Waals surface area (Å²) in [5.41, 5.74) is 0.948. The highest BCUT2D eigenvalue weighted by Gasteiger charge is 2.26. The van der Waals surface area contributed by atoms with Crippen molar-refractivity contribution in [3.63, 3.8) is 0 Å². The van der Waals surface area contributed by atoms with E-state index in [1.807, 2.05) is 0 Å². The zero-order chi connectivity index (χ0) is 22.0. The average Bonchev–Trinajstić information content (AvgIpc) is 3.22. The molecule has 3 aromatic rings. The number of amides is 1. The summed E-state index contributed by atoms with van der Waals surface area (Å²) >= 11 is 13.3. The Balaban J connectivity index is 1.46. The predicted octanol–water partition coefficient (Wildman–Crippen LogP) is 3.79. The monoisotopic (exact) mass is 498 g/mol. The molecule has 2 heterocycles. The molecule has 162 valence electrons. The van der Waals surface area contributed by atoms with Gasteiger partial charge in [0.15, 0.2) is 5.01 Å². The summed E-state index contributed by atoms with van der Waals surface area (Å²) in [7, 11) is -3.62. The first-order valence-corrected chi connectivity index (χ1v) is 12.1. The second-order valence-electron chi connectivity index (χ2n) is 6.53. The van der Waals surface area contributed by atoms with Crippen molar-refractivity contribution in [3.8, 4) is 10.6 Å². The number of morpholine rings is 1. The lowest BCUT2D eigenvalue weighted by molar-refractivity contribution is 0.0730. The van der Waals surface area contributed by atoms with E-state index in [0.717, 1.165) is 11.3 Å². The molecule has 0 bridgehead atoms. The van der Waals surface area contributed by atoms with Crippen molar-refractivity contribution in [2.75, 3.05) is 31.6 Å². The van der Waals surface area contributed by atoms with Crippen LogP contribution in [0.5, 0.6) is 0 Å². The van der Waals surface area contributed by atoms with E-state index in [2.05, 4.69) is 15.5 Å². The van der Waals surface area contributed by atoms with Gasteiger partial charge in [-0.15, -0.1) is 10.2 Å². The lowest BCUT2D eigenvalue weighted by Gasteiger charge is -2.26. The molecule has 0 aliphatic carbocycles. The first kappa shape index (κ1) is 22.1. The van der Waals surface area contributed by atoms with Crippen molar-refractivity contribution < 1.29 is 17.9 Å². The van der Waals surface area contributed by atoms with Gasteiger partial charge in [-0.05, 0) is 42.5 Å². The summed E-state index contributed by atoms with van der Waals surface area (Å²) < 4.78 is 31.9. The molecule has 0 atom stereocenters. The molecule has 1 N–H and O–H groups in total. The molecule has 0 spiro atoms. The number of ether oxygens (including phenoxy) is 1. The van der Waals surface area contributed by atoms with Crippen molar-refractivity contribution >= 4 is 55.6 Å². The third kappa shape index (κ3) is 4.89. The lowest BCUT2D eigenvalue weighted by atomic mass is 10.2. The standard InChI is InChI=1S/C19H16Cl2N4O4S2/c20-13-3-6-15(16(21)11-13)18-23-24-19(30-18)22-17(26)12-1-4-14(5-2-12)31(27,28)25-7-9-29-10-8-25/h1-6,11H,7-10H2,(H,22,24,26). The van der Waals surface area contributed by atoms with Crippen molar-refractivity contribution in [1.82, 2.24) is 14.5 Å². The number of carbonyl (C=O) groups excluding carboxylic acids is 1. The number of halogens is 2. The number of hydrogen-bond acceptors (Lipinski definition) is 7. The van der Waals surface area contributed by atoms with E-state index in [4.69, 9.17) is 27.9 Å². The summed E-state index contributed by atoms with van der Waals surface area (Å²) in [5, 5.41) is 12.4. The molecule has 1 fully saturated rings. The molecule has 1 saturated heterocycles. The maximum atomic E-state index is 12.7. The molecule has 12 heteroatoms. The Bertz CT molecular complexity index is 1210. The Kier molecular flexibility index (Phi) is 6.56. The van der Waals surface area contributed by atoms with Crippen molar-refractivity contribution in [2.45, 2.75) is 4.90 Å². The quantitative estimate of drug-likeness (QED) is 0.574. The minimum Gasteiger partial charge on any atom is -0.379 e. The van der Waals surface area contributed by atoms with E-state index in [1.54, 1.807) is 18.2 Å². The van der Waals surface area contributed by atoms with Gasteiger partial charge in [-0.25, -0.2) is 8.42 Å². The van der Waals surface area contributed by atoms with Gasteiger partial charge in [0.05, 0.1) is 23.1 Å². The van der Waals surface area contributed by atoms with Crippen LogP contribution in [0.1, 0.15) is 10.4 Å². The van der Waals surface area contributed by atoms with Gasteiger partial charge < -0.3 is 4.74 Å². The summed E-state index contributed by atoms with van der Waals surface area (Å²) in [6, 6.07) is 10.8. The smallest absolute Gasteiger partial charge is 0.257 e. The molecule has 2 aromatic carbocycles. The van der Waals surface area contributed by atoms with E-state index >= 15 is 0 Å². The third-order valence-corrected chi connectivity index (χ3v) is 7.86. The first-order valence-electron chi connectivity index (χ1n) is 9.13. The fraction of sp³-hybridized carbons (Fsp3) is 0.211. The molecule has 8 nitrogen and oxygen atoms in total. The van der Waals surface area contributed by atoms with Crippen LogP contribution in [0, 0.1) is 0 Å². The summed E-state index contributed by atoms with van der Waals surface area (Å²) in [6.45, 7) is 1.35. The van der Waals surface area contributed by atoms with Gasteiger partial charge in [0, 0.05) is 29.2 Å². The molecule has 1 aliphatic rings. The average molecular weight is 499 g/mol. The molecule has 1 amide bonds. The highest BCUT2D eigenvalue weighted by Crippen LogP contribution is 2.33. The fourth-order valence-electron chi connectivity index (χ4n) is 2.93. The zero-order valence-electron chi connectivity index (χ0n) is 15.9. The van der Waals surface area contributed by atoms with E-state index in [1.165, 1.54) is 28.6 Å². The van der Waals surface area contributed by atoms with E-state index < -0.39 is 15.9 Å². The Morgan fingerprint density at radius 2 is 1.77 bits per heavy atom. The van der Waals surface area contributed by atoms with Gasteiger partial charge >= 0.3 is 0 Å². The highest BCUT2D eigenvalue weighted by molar-refractivity contribution is 7.89. The predicted molar refractivity (Wildman–Crippen MR) is 119 cm³/mol. The van der Waals surface area contributed by atoms with Crippen LogP contribution < -0.4 is 5.32 Å². The second kappa shape index (κ2) is 9.19. The number of rotatable bonds is 5. The zero-order valence-corrected chi connectivity index (χ0v) is 19.1. The minimum absolute atomic E-state index is 0.126. The van der Waals surface area contributed by atoms with Crippen LogP contribution in [-0.2, 0) is 14.8 Å². The Morgan fingerprint density at radius 1 is 1.06 bits per heavy atom. The van der Waals surface area contributed by atoms with Gasteiger partial charge in [0.25, 0.3) is 5.91 Å². The molecule has 1 aromatic heterocycles. The van der Waals surface area contributed by atoms with Crippen LogP contribution in [0.15, 0.2) is 47.4 Å². The third-order valence-electron chi connectivity index (χ3n) is 4.53. The molecular weight excluding hydrogens is 483 g/mol. The molecule has 0 radical (unpaired) electrons. The summed E-state index contributed by atoms with van der Waals surface area (Å²) in [5.74, 6) is -0.430. The molecule has 1 aliphatic heterocycles. The Labute approximate surface area is 192 Å². The number of sulfonamides is 1. The SMILES string of the molecule is O=C(Nc1nnc(-c2ccc(Cl)cc2Cl)s1)c1ccc(S(=O)(=O)N2CCOCC2)cc1. The van der Waals surface area contributed by atoms with Crippen LogP contribution in [0.3, 0.4) is 0 Å². The van der Waals surface area contributed by atoms with Crippen molar-refractivity contribution in [2.24, 2.45) is 0 Å². The van der Waals surface area contributed by atoms with E-state index in [9.17, 15) is 13.2 Å². The molecule has 31 heavy (non-hydrogen) atoms.